The summed E-state index contributed by atoms with van der Waals surface area (Å²) in [4.78, 5) is 5.66. The van der Waals surface area contributed by atoms with Crippen molar-refractivity contribution in [2.75, 3.05) is 7.05 Å². The van der Waals surface area contributed by atoms with Crippen LogP contribution in [0.25, 0.3) is 10.6 Å². The molecular weight excluding hydrogens is 320 g/mol. The molecule has 1 unspecified atom stereocenters. The minimum atomic E-state index is 0.319. The van der Waals surface area contributed by atoms with Gasteiger partial charge in [-0.3, -0.25) is 0 Å². The van der Waals surface area contributed by atoms with Gasteiger partial charge in [0.25, 0.3) is 0 Å². The first-order valence-corrected chi connectivity index (χ1v) is 7.19. The fourth-order valence-corrected chi connectivity index (χ4v) is 3.16. The molecule has 2 aromatic rings. The third kappa shape index (κ3) is 2.88. The van der Waals surface area contributed by atoms with E-state index in [0.29, 0.717) is 6.04 Å². The molecule has 5 heteroatoms. The van der Waals surface area contributed by atoms with Gasteiger partial charge < -0.3 is 5.32 Å². The summed E-state index contributed by atoms with van der Waals surface area (Å²) in [6.45, 7) is 2.12. The third-order valence-corrected chi connectivity index (χ3v) is 4.68. The minimum absolute atomic E-state index is 0.319. The first-order valence-electron chi connectivity index (χ1n) is 5.20. The maximum absolute atomic E-state index is 6.01. The number of aromatic nitrogens is 1. The standard InChI is InChI=1S/C12H12BrClN2S/c1-7(15-2)11-6-16-12(17-11)9-5-8(14)3-4-10(9)13/h3-7,15H,1-2H3. The van der Waals surface area contributed by atoms with Crippen molar-refractivity contribution in [1.29, 1.82) is 0 Å². The molecule has 0 aliphatic heterocycles. The number of halogens is 2. The highest BCUT2D eigenvalue weighted by atomic mass is 79.9. The van der Waals surface area contributed by atoms with E-state index in [1.165, 1.54) is 4.88 Å². The first-order chi connectivity index (χ1) is 8.11. The first kappa shape index (κ1) is 13.0. The molecule has 0 fully saturated rings. The van der Waals surface area contributed by atoms with Crippen molar-refractivity contribution in [3.63, 3.8) is 0 Å². The Bertz CT molecular complexity index is 527. The van der Waals surface area contributed by atoms with Crippen LogP contribution >= 0.6 is 38.9 Å². The van der Waals surface area contributed by atoms with Crippen molar-refractivity contribution in [3.8, 4) is 10.6 Å². The number of thiazole rings is 1. The lowest BCUT2D eigenvalue weighted by Gasteiger charge is -2.05. The third-order valence-electron chi connectivity index (χ3n) is 2.54. The summed E-state index contributed by atoms with van der Waals surface area (Å²) in [5.41, 5.74) is 1.04. The van der Waals surface area contributed by atoms with Crippen LogP contribution in [-0.2, 0) is 0 Å². The molecule has 2 nitrogen and oxygen atoms in total. The van der Waals surface area contributed by atoms with E-state index in [9.17, 15) is 0 Å². The second-order valence-corrected chi connectivity index (χ2v) is 6.06. The van der Waals surface area contributed by atoms with Gasteiger partial charge in [0.1, 0.15) is 5.01 Å². The highest BCUT2D eigenvalue weighted by molar-refractivity contribution is 9.10. The van der Waals surface area contributed by atoms with E-state index in [1.54, 1.807) is 11.3 Å². The van der Waals surface area contributed by atoms with Crippen LogP contribution in [0.2, 0.25) is 5.02 Å². The van der Waals surface area contributed by atoms with Crippen molar-refractivity contribution < 1.29 is 0 Å². The molecule has 0 saturated heterocycles. The molecule has 1 aromatic heterocycles. The topological polar surface area (TPSA) is 24.9 Å². The van der Waals surface area contributed by atoms with Gasteiger partial charge in [-0.25, -0.2) is 4.98 Å². The Labute approximate surface area is 118 Å². The van der Waals surface area contributed by atoms with Gasteiger partial charge in [0.2, 0.25) is 0 Å². The van der Waals surface area contributed by atoms with Gasteiger partial charge in [0, 0.05) is 32.2 Å². The molecule has 17 heavy (non-hydrogen) atoms. The Hall–Kier alpha value is -0.420. The largest absolute Gasteiger partial charge is 0.312 e. The maximum Gasteiger partial charge on any atom is 0.124 e. The lowest BCUT2D eigenvalue weighted by molar-refractivity contribution is 0.662. The lowest BCUT2D eigenvalue weighted by Crippen LogP contribution is -2.10. The summed E-state index contributed by atoms with van der Waals surface area (Å²) < 4.78 is 1.01. The Balaban J connectivity index is 2.40. The fraction of sp³-hybridized carbons (Fsp3) is 0.250. The molecule has 0 radical (unpaired) electrons. The van der Waals surface area contributed by atoms with E-state index in [0.717, 1.165) is 20.1 Å². The van der Waals surface area contributed by atoms with E-state index in [4.69, 9.17) is 11.6 Å². The zero-order valence-corrected chi connectivity index (χ0v) is 12.7. The highest BCUT2D eigenvalue weighted by Crippen LogP contribution is 2.34. The summed E-state index contributed by atoms with van der Waals surface area (Å²) in [6.07, 6.45) is 1.91. The van der Waals surface area contributed by atoms with E-state index in [2.05, 4.69) is 33.2 Å². The Kier molecular flexibility index (Phi) is 4.20. The number of rotatable bonds is 3. The molecule has 0 amide bonds. The quantitative estimate of drug-likeness (QED) is 0.895. The average Bonchev–Trinajstić information content (AvgIpc) is 2.80. The van der Waals surface area contributed by atoms with Gasteiger partial charge in [-0.1, -0.05) is 27.5 Å². The zero-order valence-electron chi connectivity index (χ0n) is 9.50. The summed E-state index contributed by atoms with van der Waals surface area (Å²) in [5, 5.41) is 4.91. The van der Waals surface area contributed by atoms with Gasteiger partial charge in [-0.05, 0) is 32.2 Å². The van der Waals surface area contributed by atoms with Crippen LogP contribution < -0.4 is 5.32 Å². The van der Waals surface area contributed by atoms with Crippen LogP contribution in [0.5, 0.6) is 0 Å². The molecule has 0 aliphatic rings. The highest BCUT2D eigenvalue weighted by Gasteiger charge is 2.11. The number of hydrogen-bond donors (Lipinski definition) is 1. The van der Waals surface area contributed by atoms with Gasteiger partial charge >= 0.3 is 0 Å². The van der Waals surface area contributed by atoms with Gasteiger partial charge in [0.05, 0.1) is 0 Å². The second-order valence-electron chi connectivity index (χ2n) is 3.70. The molecule has 1 N–H and O–H groups in total. The predicted octanol–water partition coefficient (Wildman–Crippen LogP) is 4.51. The molecule has 1 atom stereocenters. The second kappa shape index (κ2) is 5.48. The minimum Gasteiger partial charge on any atom is -0.312 e. The van der Waals surface area contributed by atoms with Crippen LogP contribution in [0, 0.1) is 0 Å². The van der Waals surface area contributed by atoms with Crippen molar-refractivity contribution in [1.82, 2.24) is 10.3 Å². The van der Waals surface area contributed by atoms with Crippen LogP contribution in [0.15, 0.2) is 28.9 Å². The lowest BCUT2D eigenvalue weighted by atomic mass is 10.2. The van der Waals surface area contributed by atoms with Crippen molar-refractivity contribution in [3.05, 3.63) is 38.8 Å². The van der Waals surface area contributed by atoms with Crippen LogP contribution in [0.3, 0.4) is 0 Å². The molecular formula is C12H12BrClN2S. The van der Waals surface area contributed by atoms with E-state index >= 15 is 0 Å². The smallest absolute Gasteiger partial charge is 0.124 e. The molecule has 1 aromatic carbocycles. The molecule has 0 bridgehead atoms. The number of benzene rings is 1. The van der Waals surface area contributed by atoms with Gasteiger partial charge in [-0.2, -0.15) is 0 Å². The Morgan fingerprint density at radius 3 is 2.94 bits per heavy atom. The summed E-state index contributed by atoms with van der Waals surface area (Å²) in [6, 6.07) is 6.05. The Morgan fingerprint density at radius 2 is 2.24 bits per heavy atom. The SMILES string of the molecule is CNC(C)c1cnc(-c2cc(Cl)ccc2Br)s1. The van der Waals surface area contributed by atoms with Gasteiger partial charge in [0.15, 0.2) is 0 Å². The van der Waals surface area contributed by atoms with Crippen LogP contribution in [0.4, 0.5) is 0 Å². The molecule has 90 valence electrons. The summed E-state index contributed by atoms with van der Waals surface area (Å²) >= 11 is 11.2. The molecule has 2 rings (SSSR count). The van der Waals surface area contributed by atoms with E-state index in [1.807, 2.05) is 31.4 Å². The van der Waals surface area contributed by atoms with E-state index < -0.39 is 0 Å². The normalized spacial score (nSPS) is 12.7. The van der Waals surface area contributed by atoms with Crippen LogP contribution in [-0.4, -0.2) is 12.0 Å². The molecule has 0 aliphatic carbocycles. The van der Waals surface area contributed by atoms with Crippen molar-refractivity contribution >= 4 is 38.9 Å². The Morgan fingerprint density at radius 1 is 1.47 bits per heavy atom. The number of hydrogen-bond acceptors (Lipinski definition) is 3. The summed E-state index contributed by atoms with van der Waals surface area (Å²) in [5.74, 6) is 0. The van der Waals surface area contributed by atoms with E-state index in [-0.39, 0.29) is 0 Å². The van der Waals surface area contributed by atoms with Crippen molar-refractivity contribution in [2.24, 2.45) is 0 Å². The van der Waals surface area contributed by atoms with Gasteiger partial charge in [-0.15, -0.1) is 11.3 Å². The maximum atomic E-state index is 6.01. The van der Waals surface area contributed by atoms with Crippen molar-refractivity contribution in [2.45, 2.75) is 13.0 Å². The fourth-order valence-electron chi connectivity index (χ4n) is 1.41. The molecule has 1 heterocycles. The van der Waals surface area contributed by atoms with Crippen LogP contribution in [0.1, 0.15) is 17.8 Å². The molecule has 0 spiro atoms. The number of nitrogens with zero attached hydrogens (tertiary/aromatic N) is 1. The average molecular weight is 332 g/mol. The molecule has 0 saturated carbocycles. The monoisotopic (exact) mass is 330 g/mol. The predicted molar refractivity (Wildman–Crippen MR) is 77.7 cm³/mol. The summed E-state index contributed by atoms with van der Waals surface area (Å²) in [7, 11) is 1.94. The zero-order chi connectivity index (χ0) is 12.4. The number of nitrogens with one attached hydrogen (secondary N) is 1.